The molecule has 40 heavy (non-hydrogen) atoms. The molecule has 0 radical (unpaired) electrons. The van der Waals surface area contributed by atoms with Crippen molar-refractivity contribution in [3.8, 4) is 17.1 Å². The van der Waals surface area contributed by atoms with E-state index in [1.54, 1.807) is 46.0 Å². The van der Waals surface area contributed by atoms with Gasteiger partial charge >= 0.3 is 12.1 Å². The summed E-state index contributed by atoms with van der Waals surface area (Å²) in [5.41, 5.74) is -0.0182. The van der Waals surface area contributed by atoms with Gasteiger partial charge in [-0.2, -0.15) is 0 Å². The second-order valence-corrected chi connectivity index (χ2v) is 10.7. The molecule has 2 unspecified atom stereocenters. The molecule has 1 amide bonds. The summed E-state index contributed by atoms with van der Waals surface area (Å²) in [6.07, 6.45) is 1.66. The third kappa shape index (κ3) is 6.88. The quantitative estimate of drug-likeness (QED) is 0.243. The molecule has 1 aliphatic rings. The maximum Gasteiger partial charge on any atom is 0.410 e. The van der Waals surface area contributed by atoms with Crippen LogP contribution < -0.4 is 4.74 Å². The molecule has 1 fully saturated rings. The minimum Gasteiger partial charge on any atom is -0.469 e. The summed E-state index contributed by atoms with van der Waals surface area (Å²) in [6.45, 7) is 7.83. The van der Waals surface area contributed by atoms with Crippen LogP contribution in [0.1, 0.15) is 51.4 Å². The molecule has 3 aromatic rings. The number of hydrogen-bond donors (Lipinski definition) is 0. The Balaban J connectivity index is 1.42. The Morgan fingerprint density at radius 1 is 1.18 bits per heavy atom. The van der Waals surface area contributed by atoms with E-state index in [0.29, 0.717) is 13.0 Å². The molecule has 0 saturated carbocycles. The first kappa shape index (κ1) is 29.3. The van der Waals surface area contributed by atoms with Crippen LogP contribution in [-0.2, 0) is 20.9 Å². The van der Waals surface area contributed by atoms with Crippen LogP contribution in [0, 0.1) is 17.6 Å². The fraction of sp³-hybridized carbons (Fsp3) is 0.429. The minimum atomic E-state index is -0.774. The molecule has 1 aliphatic heterocycles. The van der Waals surface area contributed by atoms with E-state index >= 15 is 0 Å². The van der Waals surface area contributed by atoms with Gasteiger partial charge in [0.15, 0.2) is 12.4 Å². The summed E-state index contributed by atoms with van der Waals surface area (Å²) in [7, 11) is 0. The Kier molecular flexibility index (Phi) is 8.92. The number of aromatic nitrogens is 2. The van der Waals surface area contributed by atoms with E-state index in [1.165, 1.54) is 11.0 Å². The summed E-state index contributed by atoms with van der Waals surface area (Å²) in [5, 5.41) is 3.37. The number of amides is 1. The van der Waals surface area contributed by atoms with Crippen LogP contribution >= 0.6 is 11.6 Å². The highest BCUT2D eigenvalue weighted by Crippen LogP contribution is 2.35. The van der Waals surface area contributed by atoms with Crippen LogP contribution in [-0.4, -0.2) is 52.4 Å². The van der Waals surface area contributed by atoms with E-state index in [1.807, 2.05) is 0 Å². The van der Waals surface area contributed by atoms with Gasteiger partial charge in [-0.1, -0.05) is 22.8 Å². The second kappa shape index (κ2) is 12.2. The van der Waals surface area contributed by atoms with Crippen molar-refractivity contribution in [3.05, 3.63) is 64.5 Å². The zero-order valence-corrected chi connectivity index (χ0v) is 23.3. The van der Waals surface area contributed by atoms with Gasteiger partial charge in [0.1, 0.15) is 22.9 Å². The highest BCUT2D eigenvalue weighted by molar-refractivity contribution is 6.33. The van der Waals surface area contributed by atoms with Gasteiger partial charge in [-0.25, -0.2) is 18.6 Å². The molecule has 9 nitrogen and oxygen atoms in total. The van der Waals surface area contributed by atoms with Crippen molar-refractivity contribution in [2.75, 3.05) is 19.7 Å². The van der Waals surface area contributed by atoms with Crippen molar-refractivity contribution >= 4 is 23.7 Å². The number of nitrogens with zero attached hydrogens (tertiary/aromatic N) is 3. The molecule has 0 spiro atoms. The van der Waals surface area contributed by atoms with E-state index in [4.69, 9.17) is 30.3 Å². The van der Waals surface area contributed by atoms with Crippen molar-refractivity contribution in [1.82, 2.24) is 15.0 Å². The normalized spacial score (nSPS) is 17.4. The van der Waals surface area contributed by atoms with Crippen molar-refractivity contribution in [1.29, 1.82) is 0 Å². The summed E-state index contributed by atoms with van der Waals surface area (Å²) in [6, 6.07) is 6.75. The zero-order chi connectivity index (χ0) is 29.0. The van der Waals surface area contributed by atoms with E-state index in [9.17, 15) is 18.4 Å². The molecule has 1 saturated heterocycles. The van der Waals surface area contributed by atoms with Crippen molar-refractivity contribution < 1.29 is 37.1 Å². The molecule has 0 aliphatic carbocycles. The monoisotopic (exact) mass is 577 g/mol. The highest BCUT2D eigenvalue weighted by atomic mass is 35.5. The Labute approximate surface area is 235 Å². The number of halogens is 3. The smallest absolute Gasteiger partial charge is 0.410 e. The predicted molar refractivity (Wildman–Crippen MR) is 141 cm³/mol. The molecule has 1 aromatic carbocycles. The fourth-order valence-corrected chi connectivity index (χ4v) is 4.68. The van der Waals surface area contributed by atoms with E-state index in [0.717, 1.165) is 17.7 Å². The average molecular weight is 578 g/mol. The lowest BCUT2D eigenvalue weighted by atomic mass is 9.81. The van der Waals surface area contributed by atoms with Gasteiger partial charge in [-0.15, -0.1) is 0 Å². The minimum absolute atomic E-state index is 0.0339. The molecule has 3 heterocycles. The van der Waals surface area contributed by atoms with Crippen LogP contribution in [0.2, 0.25) is 5.02 Å². The zero-order valence-electron chi connectivity index (χ0n) is 22.6. The molecule has 4 rings (SSSR count). The number of carbonyl (C=O) groups is 2. The van der Waals surface area contributed by atoms with Crippen LogP contribution in [0.5, 0.6) is 5.88 Å². The maximum atomic E-state index is 14.2. The lowest BCUT2D eigenvalue weighted by molar-refractivity contribution is -0.150. The number of carbonyl (C=O) groups excluding carboxylic acids is 2. The van der Waals surface area contributed by atoms with Crippen LogP contribution in [0.25, 0.3) is 11.3 Å². The Bertz CT molecular complexity index is 1360. The number of piperidine rings is 1. The second-order valence-electron chi connectivity index (χ2n) is 10.3. The maximum absolute atomic E-state index is 14.2. The molecule has 214 valence electrons. The standard InChI is InChI=1S/C28H30ClF2N3O6/c1-5-37-26(35)19-14-34(27(36)39-28(2,3)4)11-10-18(19)16-6-9-23(32-13-16)38-15-17-12-22(33-40-17)24-20(30)7-8-21(31)25(24)29/h6-9,12-13,18-19H,5,10-11,14-15H2,1-4H3. The first-order chi connectivity index (χ1) is 19.0. The van der Waals surface area contributed by atoms with E-state index in [2.05, 4.69) is 10.1 Å². The van der Waals surface area contributed by atoms with E-state index < -0.39 is 40.2 Å². The first-order valence-electron chi connectivity index (χ1n) is 12.8. The molecule has 2 aromatic heterocycles. The number of hydrogen-bond acceptors (Lipinski definition) is 8. The highest BCUT2D eigenvalue weighted by Gasteiger charge is 2.39. The van der Waals surface area contributed by atoms with E-state index in [-0.39, 0.29) is 48.6 Å². The van der Waals surface area contributed by atoms with Gasteiger partial charge in [0.2, 0.25) is 5.88 Å². The lowest BCUT2D eigenvalue weighted by Crippen LogP contribution is -2.47. The van der Waals surface area contributed by atoms with Gasteiger partial charge < -0.3 is 23.6 Å². The number of likely N-dealkylation sites (tertiary alicyclic amines) is 1. The number of pyridine rings is 1. The SMILES string of the molecule is CCOC(=O)C1CN(C(=O)OC(C)(C)C)CCC1c1ccc(OCc2cc(-c3c(F)ccc(F)c3Cl)no2)nc1. The molecule has 0 N–H and O–H groups in total. The molecule has 12 heteroatoms. The topological polar surface area (TPSA) is 104 Å². The summed E-state index contributed by atoms with van der Waals surface area (Å²) in [5.74, 6) is -2.18. The average Bonchev–Trinajstić information content (AvgIpc) is 3.37. The fourth-order valence-electron chi connectivity index (χ4n) is 4.43. The molecular weight excluding hydrogens is 548 g/mol. The number of benzene rings is 1. The summed E-state index contributed by atoms with van der Waals surface area (Å²) >= 11 is 5.90. The predicted octanol–water partition coefficient (Wildman–Crippen LogP) is 6.15. The number of rotatable bonds is 7. The lowest BCUT2D eigenvalue weighted by Gasteiger charge is -2.38. The molecular formula is C28H30ClF2N3O6. The molecule has 0 bridgehead atoms. The summed E-state index contributed by atoms with van der Waals surface area (Å²) in [4.78, 5) is 31.3. The Hall–Kier alpha value is -3.73. The Morgan fingerprint density at radius 3 is 2.60 bits per heavy atom. The van der Waals surface area contributed by atoms with Crippen molar-refractivity contribution in [2.24, 2.45) is 5.92 Å². The van der Waals surface area contributed by atoms with Gasteiger partial charge in [0.25, 0.3) is 0 Å². The molecule has 2 atom stereocenters. The number of esters is 1. The van der Waals surface area contributed by atoms with Gasteiger partial charge in [0.05, 0.1) is 23.1 Å². The third-order valence-corrected chi connectivity index (χ3v) is 6.63. The van der Waals surface area contributed by atoms with Gasteiger partial charge in [-0.05, 0) is 51.8 Å². The third-order valence-electron chi connectivity index (χ3n) is 6.26. The van der Waals surface area contributed by atoms with Crippen molar-refractivity contribution in [3.63, 3.8) is 0 Å². The van der Waals surface area contributed by atoms with Gasteiger partial charge in [-0.3, -0.25) is 4.79 Å². The van der Waals surface area contributed by atoms with Crippen LogP contribution in [0.4, 0.5) is 13.6 Å². The largest absolute Gasteiger partial charge is 0.469 e. The summed E-state index contributed by atoms with van der Waals surface area (Å²) < 4.78 is 49.6. The van der Waals surface area contributed by atoms with Crippen LogP contribution in [0.15, 0.2) is 41.1 Å². The van der Waals surface area contributed by atoms with Crippen molar-refractivity contribution in [2.45, 2.75) is 52.2 Å². The van der Waals surface area contributed by atoms with Crippen LogP contribution in [0.3, 0.4) is 0 Å². The Morgan fingerprint density at radius 2 is 1.93 bits per heavy atom. The van der Waals surface area contributed by atoms with Gasteiger partial charge in [0, 0.05) is 37.3 Å². The first-order valence-corrected chi connectivity index (χ1v) is 13.2. The number of ether oxygens (including phenoxy) is 3.